The summed E-state index contributed by atoms with van der Waals surface area (Å²) < 4.78 is 27.0. The highest BCUT2D eigenvalue weighted by molar-refractivity contribution is 7.99. The van der Waals surface area contributed by atoms with Crippen molar-refractivity contribution in [3.63, 3.8) is 0 Å². The highest BCUT2D eigenvalue weighted by atomic mass is 32.2. The highest BCUT2D eigenvalue weighted by Crippen LogP contribution is 2.13. The summed E-state index contributed by atoms with van der Waals surface area (Å²) in [5.74, 6) is 0.812. The Bertz CT molecular complexity index is 555. The molecule has 0 saturated heterocycles. The highest BCUT2D eigenvalue weighted by Gasteiger charge is 2.17. The van der Waals surface area contributed by atoms with Crippen LogP contribution in [0.4, 0.5) is 0 Å². The van der Waals surface area contributed by atoms with Crippen molar-refractivity contribution in [2.45, 2.75) is 37.6 Å². The van der Waals surface area contributed by atoms with Crippen LogP contribution in [0.5, 0.6) is 0 Å². The summed E-state index contributed by atoms with van der Waals surface area (Å²) in [7, 11) is -3.52. The van der Waals surface area contributed by atoms with E-state index in [0.29, 0.717) is 6.42 Å². The van der Waals surface area contributed by atoms with E-state index in [4.69, 9.17) is 5.11 Å². The fourth-order valence-corrected chi connectivity index (χ4v) is 3.77. The third kappa shape index (κ3) is 6.50. The van der Waals surface area contributed by atoms with Gasteiger partial charge in [-0.05, 0) is 36.8 Å². The van der Waals surface area contributed by atoms with Gasteiger partial charge in [-0.1, -0.05) is 19.1 Å². The summed E-state index contributed by atoms with van der Waals surface area (Å²) in [5, 5.41) is 8.62. The van der Waals surface area contributed by atoms with E-state index in [0.717, 1.165) is 17.1 Å². The molecule has 0 radical (unpaired) electrons. The number of rotatable bonds is 9. The molecule has 0 saturated carbocycles. The molecule has 21 heavy (non-hydrogen) atoms. The van der Waals surface area contributed by atoms with Crippen LogP contribution in [-0.4, -0.2) is 37.0 Å². The van der Waals surface area contributed by atoms with Gasteiger partial charge < -0.3 is 5.11 Å². The first-order valence-corrected chi connectivity index (χ1v) is 9.39. The number of aliphatic carboxylic acids is 1. The second-order valence-electron chi connectivity index (χ2n) is 4.72. The van der Waals surface area contributed by atoms with Gasteiger partial charge in [0.2, 0.25) is 10.0 Å². The molecule has 0 fully saturated rings. The maximum absolute atomic E-state index is 12.2. The van der Waals surface area contributed by atoms with Gasteiger partial charge in [0.1, 0.15) is 0 Å². The zero-order valence-corrected chi connectivity index (χ0v) is 13.8. The average molecular weight is 331 g/mol. The number of nitrogens with one attached hydrogen (secondary N) is 1. The molecule has 0 amide bonds. The Hall–Kier alpha value is -1.05. The molecule has 1 aromatic rings. The van der Waals surface area contributed by atoms with Crippen molar-refractivity contribution in [3.05, 3.63) is 29.8 Å². The predicted octanol–water partition coefficient (Wildman–Crippen LogP) is 2.12. The molecule has 1 aromatic carbocycles. The summed E-state index contributed by atoms with van der Waals surface area (Å²) in [6.07, 6.45) is 0.433. The van der Waals surface area contributed by atoms with Crippen LogP contribution in [0.25, 0.3) is 0 Å². The van der Waals surface area contributed by atoms with Crippen LogP contribution in [0.2, 0.25) is 0 Å². The average Bonchev–Trinajstić information content (AvgIpc) is 2.43. The monoisotopic (exact) mass is 331 g/mol. The third-order valence-electron chi connectivity index (χ3n) is 2.79. The minimum atomic E-state index is -3.52. The summed E-state index contributed by atoms with van der Waals surface area (Å²) >= 11 is 1.68. The van der Waals surface area contributed by atoms with Crippen molar-refractivity contribution in [3.8, 4) is 0 Å². The molecule has 0 aliphatic heterocycles. The van der Waals surface area contributed by atoms with Gasteiger partial charge >= 0.3 is 5.97 Å². The van der Waals surface area contributed by atoms with Crippen molar-refractivity contribution >= 4 is 27.8 Å². The molecule has 1 rings (SSSR count). The number of carboxylic acids is 1. The molecule has 0 aliphatic carbocycles. The van der Waals surface area contributed by atoms with Crippen molar-refractivity contribution in [2.75, 3.05) is 11.5 Å². The maximum atomic E-state index is 12.2. The van der Waals surface area contributed by atoms with Gasteiger partial charge in [-0.25, -0.2) is 13.1 Å². The van der Waals surface area contributed by atoms with Crippen molar-refractivity contribution in [1.82, 2.24) is 4.72 Å². The van der Waals surface area contributed by atoms with E-state index < -0.39 is 16.0 Å². The Balaban J connectivity index is 2.68. The van der Waals surface area contributed by atoms with Crippen LogP contribution in [0.15, 0.2) is 29.2 Å². The number of sulfonamides is 1. The van der Waals surface area contributed by atoms with Gasteiger partial charge in [0, 0.05) is 18.2 Å². The topological polar surface area (TPSA) is 83.5 Å². The molecule has 7 heteroatoms. The zero-order valence-electron chi connectivity index (χ0n) is 12.2. The Labute approximate surface area is 130 Å². The molecule has 5 nitrogen and oxygen atoms in total. The molecule has 0 heterocycles. The molecular weight excluding hydrogens is 310 g/mol. The quantitative estimate of drug-likeness (QED) is 0.724. The lowest BCUT2D eigenvalue weighted by atomic mass is 10.1. The normalized spacial score (nSPS) is 13.0. The van der Waals surface area contributed by atoms with Gasteiger partial charge in [0.25, 0.3) is 0 Å². The van der Waals surface area contributed by atoms with Gasteiger partial charge in [0.05, 0.1) is 4.90 Å². The van der Waals surface area contributed by atoms with Gasteiger partial charge in [-0.2, -0.15) is 11.8 Å². The molecule has 0 spiro atoms. The van der Waals surface area contributed by atoms with Crippen LogP contribution in [-0.2, 0) is 21.2 Å². The number of thioether (sulfide) groups is 1. The number of carbonyl (C=O) groups is 1. The van der Waals surface area contributed by atoms with E-state index in [1.165, 1.54) is 12.1 Å². The number of hydrogen-bond donors (Lipinski definition) is 2. The Morgan fingerprint density at radius 2 is 1.95 bits per heavy atom. The number of aryl methyl sites for hydroxylation is 1. The predicted molar refractivity (Wildman–Crippen MR) is 85.2 cm³/mol. The second kappa shape index (κ2) is 8.41. The minimum absolute atomic E-state index is 0.0373. The molecule has 0 aromatic heterocycles. The van der Waals surface area contributed by atoms with Crippen molar-refractivity contribution in [1.29, 1.82) is 0 Å². The van der Waals surface area contributed by atoms with E-state index in [2.05, 4.69) is 4.72 Å². The first-order valence-electron chi connectivity index (χ1n) is 6.76. The van der Waals surface area contributed by atoms with Crippen LogP contribution in [0.1, 0.15) is 25.8 Å². The van der Waals surface area contributed by atoms with E-state index in [1.54, 1.807) is 23.9 Å². The largest absolute Gasteiger partial charge is 0.481 e. The lowest BCUT2D eigenvalue weighted by molar-refractivity contribution is -0.136. The molecule has 0 bridgehead atoms. The van der Waals surface area contributed by atoms with E-state index in [-0.39, 0.29) is 17.4 Å². The standard InChI is InChI=1S/C14H21NO4S2/c1-3-20-10-11(2)15-21(18,19)13-7-4-12(5-8-13)6-9-14(16)17/h4-5,7-8,11,15H,3,6,9-10H2,1-2H3,(H,16,17). The molecule has 1 atom stereocenters. The number of hydrogen-bond acceptors (Lipinski definition) is 4. The summed E-state index contributed by atoms with van der Waals surface area (Å²) in [6, 6.07) is 6.20. The van der Waals surface area contributed by atoms with Crippen LogP contribution in [0, 0.1) is 0 Å². The second-order valence-corrected chi connectivity index (χ2v) is 7.75. The molecule has 118 valence electrons. The summed E-state index contributed by atoms with van der Waals surface area (Å²) in [4.78, 5) is 10.7. The molecular formula is C14H21NO4S2. The first-order chi connectivity index (χ1) is 9.85. The van der Waals surface area contributed by atoms with Crippen LogP contribution in [0.3, 0.4) is 0 Å². The van der Waals surface area contributed by atoms with Gasteiger partial charge in [-0.15, -0.1) is 0 Å². The molecule has 2 N–H and O–H groups in total. The van der Waals surface area contributed by atoms with Gasteiger partial charge in [0.15, 0.2) is 0 Å². The van der Waals surface area contributed by atoms with Gasteiger partial charge in [-0.3, -0.25) is 4.79 Å². The third-order valence-corrected chi connectivity index (χ3v) is 5.54. The summed E-state index contributed by atoms with van der Waals surface area (Å²) in [5.41, 5.74) is 0.811. The maximum Gasteiger partial charge on any atom is 0.303 e. The molecule has 0 aliphatic rings. The van der Waals surface area contributed by atoms with Crippen molar-refractivity contribution < 1.29 is 18.3 Å². The van der Waals surface area contributed by atoms with E-state index in [9.17, 15) is 13.2 Å². The van der Waals surface area contributed by atoms with E-state index in [1.807, 2.05) is 13.8 Å². The lowest BCUT2D eigenvalue weighted by Crippen LogP contribution is -2.34. The SMILES string of the molecule is CCSCC(C)NS(=O)(=O)c1ccc(CCC(=O)O)cc1. The smallest absolute Gasteiger partial charge is 0.303 e. The Morgan fingerprint density at radius 3 is 2.48 bits per heavy atom. The van der Waals surface area contributed by atoms with Crippen LogP contribution < -0.4 is 4.72 Å². The Kier molecular flexibility index (Phi) is 7.21. The van der Waals surface area contributed by atoms with Crippen LogP contribution >= 0.6 is 11.8 Å². The number of carboxylic acid groups (broad SMARTS) is 1. The van der Waals surface area contributed by atoms with Crippen molar-refractivity contribution in [2.24, 2.45) is 0 Å². The fraction of sp³-hybridized carbons (Fsp3) is 0.500. The summed E-state index contributed by atoms with van der Waals surface area (Å²) in [6.45, 7) is 3.86. The minimum Gasteiger partial charge on any atom is -0.481 e. The first kappa shape index (κ1) is 18.0. The molecule has 1 unspecified atom stereocenters. The lowest BCUT2D eigenvalue weighted by Gasteiger charge is -2.13. The number of benzene rings is 1. The Morgan fingerprint density at radius 1 is 1.33 bits per heavy atom. The van der Waals surface area contributed by atoms with E-state index >= 15 is 0 Å². The zero-order chi connectivity index (χ0) is 15.9. The fourth-order valence-electron chi connectivity index (χ4n) is 1.75.